The highest BCUT2D eigenvalue weighted by Gasteiger charge is 2.43. The van der Waals surface area contributed by atoms with Crippen LogP contribution in [0.3, 0.4) is 0 Å². The van der Waals surface area contributed by atoms with Gasteiger partial charge in [0, 0.05) is 66.4 Å². The van der Waals surface area contributed by atoms with Crippen molar-refractivity contribution in [3.63, 3.8) is 0 Å². The summed E-state index contributed by atoms with van der Waals surface area (Å²) < 4.78 is 3.65. The van der Waals surface area contributed by atoms with Crippen molar-refractivity contribution in [3.05, 3.63) is 49.2 Å². The van der Waals surface area contributed by atoms with Crippen LogP contribution >= 0.6 is 0 Å². The topological polar surface area (TPSA) is 89.3 Å². The van der Waals surface area contributed by atoms with Gasteiger partial charge in [0.2, 0.25) is 0 Å². The molecule has 6 heterocycles. The minimum absolute atomic E-state index is 0.488. The molecule has 2 fully saturated rings. The van der Waals surface area contributed by atoms with Gasteiger partial charge < -0.3 is 16.0 Å². The number of rotatable bonds is 3. The maximum Gasteiger partial charge on any atom is 0.128 e. The summed E-state index contributed by atoms with van der Waals surface area (Å²) in [4.78, 5) is 7.20. The average Bonchev–Trinajstić information content (AvgIpc) is 3.38. The third-order valence-corrected chi connectivity index (χ3v) is 6.78. The Labute approximate surface area is 180 Å². The lowest BCUT2D eigenvalue weighted by Crippen LogP contribution is -2.60. The van der Waals surface area contributed by atoms with Crippen LogP contribution in [0.15, 0.2) is 49.2 Å². The maximum absolute atomic E-state index is 6.26. The van der Waals surface area contributed by atoms with Crippen molar-refractivity contribution in [2.24, 2.45) is 12.5 Å². The van der Waals surface area contributed by atoms with Crippen molar-refractivity contribution in [1.29, 1.82) is 0 Å². The Hall–Kier alpha value is -3.39. The summed E-state index contributed by atoms with van der Waals surface area (Å²) in [7, 11) is 1.92. The predicted molar refractivity (Wildman–Crippen MR) is 122 cm³/mol. The number of nitrogen functional groups attached to an aromatic ring is 1. The van der Waals surface area contributed by atoms with Gasteiger partial charge in [0.25, 0.3) is 0 Å². The molecule has 0 unspecified atom stereocenters. The van der Waals surface area contributed by atoms with Gasteiger partial charge in [-0.2, -0.15) is 10.2 Å². The molecule has 4 aromatic rings. The van der Waals surface area contributed by atoms with Crippen LogP contribution in [0.5, 0.6) is 0 Å². The van der Waals surface area contributed by atoms with Gasteiger partial charge >= 0.3 is 0 Å². The zero-order valence-corrected chi connectivity index (χ0v) is 17.6. The third-order valence-electron chi connectivity index (χ3n) is 6.78. The lowest BCUT2D eigenvalue weighted by Gasteiger charge is -2.53. The number of pyridine rings is 2. The Morgan fingerprint density at radius 2 is 1.81 bits per heavy atom. The first-order chi connectivity index (χ1) is 15.1. The zero-order chi connectivity index (χ0) is 21.0. The van der Waals surface area contributed by atoms with Crippen LogP contribution in [0.25, 0.3) is 27.8 Å². The number of nitrogens with two attached hydrogens (primary N) is 1. The molecule has 2 aliphatic heterocycles. The molecule has 3 N–H and O–H groups in total. The van der Waals surface area contributed by atoms with E-state index in [1.807, 2.05) is 36.4 Å². The Morgan fingerprint density at radius 1 is 0.968 bits per heavy atom. The minimum Gasteiger partial charge on any atom is -0.396 e. The third kappa shape index (κ3) is 3.06. The highest BCUT2D eigenvalue weighted by atomic mass is 15.3. The fourth-order valence-corrected chi connectivity index (χ4v) is 5.02. The normalized spacial score (nSPS) is 17.9. The van der Waals surface area contributed by atoms with Crippen LogP contribution in [0, 0.1) is 5.41 Å². The molecule has 0 atom stereocenters. The average molecular weight is 415 g/mol. The molecular formula is C23H26N8. The van der Waals surface area contributed by atoms with Crippen LogP contribution in [0.4, 0.5) is 11.5 Å². The van der Waals surface area contributed by atoms with E-state index in [1.165, 1.54) is 12.8 Å². The number of aromatic nitrogens is 5. The molecule has 0 saturated carbocycles. The first-order valence-electron chi connectivity index (χ1n) is 10.8. The molecule has 4 aromatic heterocycles. The van der Waals surface area contributed by atoms with Crippen LogP contribution in [-0.4, -0.2) is 50.6 Å². The second-order valence-corrected chi connectivity index (χ2v) is 8.95. The minimum atomic E-state index is 0.488. The van der Waals surface area contributed by atoms with E-state index in [9.17, 15) is 0 Å². The molecular weight excluding hydrogens is 388 g/mol. The lowest BCUT2D eigenvalue weighted by atomic mass is 9.72. The number of hydrogen-bond donors (Lipinski definition) is 2. The number of piperidine rings is 1. The monoisotopic (exact) mass is 414 g/mol. The summed E-state index contributed by atoms with van der Waals surface area (Å²) in [6, 6.07) is 6.42. The molecule has 2 aliphatic rings. The van der Waals surface area contributed by atoms with Crippen molar-refractivity contribution in [2.45, 2.75) is 12.8 Å². The first kappa shape index (κ1) is 18.4. The molecule has 0 bridgehead atoms. The molecule has 0 radical (unpaired) electrons. The van der Waals surface area contributed by atoms with E-state index >= 15 is 0 Å². The number of nitrogens with one attached hydrogen (secondary N) is 1. The molecule has 6 rings (SSSR count). The summed E-state index contributed by atoms with van der Waals surface area (Å²) in [5.74, 6) is 1.05. The molecule has 8 heteroatoms. The Bertz CT molecular complexity index is 1240. The Morgan fingerprint density at radius 3 is 2.52 bits per heavy atom. The summed E-state index contributed by atoms with van der Waals surface area (Å²) in [6.07, 6.45) is 12.0. The smallest absolute Gasteiger partial charge is 0.128 e. The van der Waals surface area contributed by atoms with Gasteiger partial charge in [-0.25, -0.2) is 9.50 Å². The van der Waals surface area contributed by atoms with Crippen molar-refractivity contribution in [2.75, 3.05) is 36.8 Å². The summed E-state index contributed by atoms with van der Waals surface area (Å²) in [5, 5.41) is 12.2. The number of hydrogen-bond acceptors (Lipinski definition) is 6. The van der Waals surface area contributed by atoms with Gasteiger partial charge in [0.15, 0.2) is 0 Å². The molecule has 31 heavy (non-hydrogen) atoms. The Balaban J connectivity index is 1.33. The predicted octanol–water partition coefficient (Wildman–Crippen LogP) is 2.57. The lowest BCUT2D eigenvalue weighted by molar-refractivity contribution is 0.149. The van der Waals surface area contributed by atoms with E-state index in [2.05, 4.69) is 38.6 Å². The fourth-order valence-electron chi connectivity index (χ4n) is 5.02. The van der Waals surface area contributed by atoms with E-state index in [1.54, 1.807) is 10.9 Å². The quantitative estimate of drug-likeness (QED) is 0.536. The standard InChI is InChI=1S/C23H26N8/c1-29-12-18(10-27-29)17-8-19(22-20(24)11-28-31(22)13-17)16-2-3-21(26-9-16)30-14-23(15-30)4-6-25-7-5-23/h2-3,8-13,25H,4-7,14-15,24H2,1H3. The van der Waals surface area contributed by atoms with Gasteiger partial charge in [0.05, 0.1) is 23.6 Å². The van der Waals surface area contributed by atoms with Gasteiger partial charge in [-0.05, 0) is 44.1 Å². The number of fused-ring (bicyclic) bond motifs is 1. The zero-order valence-electron chi connectivity index (χ0n) is 17.6. The number of nitrogens with zero attached hydrogens (tertiary/aromatic N) is 6. The first-order valence-corrected chi connectivity index (χ1v) is 10.8. The molecule has 2 saturated heterocycles. The highest BCUT2D eigenvalue weighted by Crippen LogP contribution is 2.41. The van der Waals surface area contributed by atoms with Crippen molar-refractivity contribution < 1.29 is 0 Å². The van der Waals surface area contributed by atoms with Crippen LogP contribution in [0.2, 0.25) is 0 Å². The fraction of sp³-hybridized carbons (Fsp3) is 0.348. The van der Waals surface area contributed by atoms with E-state index in [4.69, 9.17) is 10.7 Å². The number of anilines is 2. The van der Waals surface area contributed by atoms with E-state index < -0.39 is 0 Å². The molecule has 0 aromatic carbocycles. The van der Waals surface area contributed by atoms with E-state index in [-0.39, 0.29) is 0 Å². The number of aryl methyl sites for hydroxylation is 1. The van der Waals surface area contributed by atoms with Crippen molar-refractivity contribution in [1.82, 2.24) is 29.7 Å². The molecule has 0 amide bonds. The Kier molecular flexibility index (Phi) is 4.04. The van der Waals surface area contributed by atoms with Crippen LogP contribution < -0.4 is 16.0 Å². The van der Waals surface area contributed by atoms with Crippen molar-refractivity contribution in [3.8, 4) is 22.3 Å². The van der Waals surface area contributed by atoms with Crippen LogP contribution in [-0.2, 0) is 7.05 Å². The molecule has 158 valence electrons. The van der Waals surface area contributed by atoms with Gasteiger partial charge in [-0.1, -0.05) is 0 Å². The SMILES string of the molecule is Cn1cc(-c2cc(-c3ccc(N4CC5(CCNCC5)C4)nc3)c3c(N)cnn3c2)cn1. The highest BCUT2D eigenvalue weighted by molar-refractivity contribution is 5.91. The largest absolute Gasteiger partial charge is 0.396 e. The molecule has 1 spiro atoms. The molecule has 8 nitrogen and oxygen atoms in total. The van der Waals surface area contributed by atoms with Gasteiger partial charge in [0.1, 0.15) is 5.82 Å². The maximum atomic E-state index is 6.26. The van der Waals surface area contributed by atoms with Crippen LogP contribution in [0.1, 0.15) is 12.8 Å². The second-order valence-electron chi connectivity index (χ2n) is 8.95. The van der Waals surface area contributed by atoms with E-state index in [0.717, 1.165) is 59.8 Å². The molecule has 0 aliphatic carbocycles. The van der Waals surface area contributed by atoms with Gasteiger partial charge in [-0.3, -0.25) is 4.68 Å². The second kappa shape index (κ2) is 6.81. The van der Waals surface area contributed by atoms with Crippen molar-refractivity contribution >= 4 is 17.0 Å². The summed E-state index contributed by atoms with van der Waals surface area (Å²) in [5.41, 5.74) is 12.4. The summed E-state index contributed by atoms with van der Waals surface area (Å²) in [6.45, 7) is 4.49. The van der Waals surface area contributed by atoms with E-state index in [0.29, 0.717) is 11.1 Å². The van der Waals surface area contributed by atoms with Gasteiger partial charge in [-0.15, -0.1) is 0 Å². The summed E-state index contributed by atoms with van der Waals surface area (Å²) >= 11 is 0.